The summed E-state index contributed by atoms with van der Waals surface area (Å²) in [4.78, 5) is 0. The smallest absolute Gasteiger partial charge is 0.0105 e. The molecule has 0 heterocycles. The Hall–Kier alpha value is 0. The van der Waals surface area contributed by atoms with E-state index in [1.807, 2.05) is 0 Å². The molecule has 0 aromatic rings. The SMILES string of the molecule is CC1C(C)C12C1C3C(C)(C)C312. The molecule has 0 heteroatoms. The maximum Gasteiger partial charge on any atom is -0.0105 e. The molecule has 4 rings (SSSR count). The Morgan fingerprint density at radius 1 is 0.909 bits per heavy atom. The lowest BCUT2D eigenvalue weighted by Gasteiger charge is -2.03. The monoisotopic (exact) mass is 148 g/mol. The van der Waals surface area contributed by atoms with Gasteiger partial charge in [0, 0.05) is 0 Å². The lowest BCUT2D eigenvalue weighted by molar-refractivity contribution is 0.449. The number of fused-ring (bicyclic) bond motifs is 2. The second-order valence-electron chi connectivity index (χ2n) is 6.06. The van der Waals surface area contributed by atoms with Crippen LogP contribution in [0.5, 0.6) is 0 Å². The van der Waals surface area contributed by atoms with Crippen molar-refractivity contribution >= 4 is 0 Å². The van der Waals surface area contributed by atoms with Crippen LogP contribution in [0.15, 0.2) is 0 Å². The van der Waals surface area contributed by atoms with Gasteiger partial charge in [-0.3, -0.25) is 0 Å². The molecule has 0 aliphatic heterocycles. The van der Waals surface area contributed by atoms with Crippen LogP contribution in [0.1, 0.15) is 27.7 Å². The molecule has 0 bridgehead atoms. The third kappa shape index (κ3) is 0.219. The maximum absolute atomic E-state index is 2.49. The summed E-state index contributed by atoms with van der Waals surface area (Å²) >= 11 is 0. The van der Waals surface area contributed by atoms with Crippen molar-refractivity contribution in [2.75, 3.05) is 0 Å². The number of hydrogen-bond donors (Lipinski definition) is 0. The molecular weight excluding hydrogens is 132 g/mol. The van der Waals surface area contributed by atoms with Crippen LogP contribution >= 0.6 is 0 Å². The first-order valence-electron chi connectivity index (χ1n) is 5.05. The lowest BCUT2D eigenvalue weighted by Crippen LogP contribution is -1.97. The van der Waals surface area contributed by atoms with Crippen molar-refractivity contribution in [3.8, 4) is 0 Å². The van der Waals surface area contributed by atoms with Gasteiger partial charge in [0.15, 0.2) is 0 Å². The summed E-state index contributed by atoms with van der Waals surface area (Å²) in [5.41, 5.74) is 2.62. The summed E-state index contributed by atoms with van der Waals surface area (Å²) in [6, 6.07) is 0. The van der Waals surface area contributed by atoms with Gasteiger partial charge in [0.2, 0.25) is 0 Å². The zero-order valence-corrected chi connectivity index (χ0v) is 7.81. The zero-order valence-electron chi connectivity index (χ0n) is 7.81. The van der Waals surface area contributed by atoms with Crippen LogP contribution in [-0.2, 0) is 0 Å². The fourth-order valence-corrected chi connectivity index (χ4v) is 5.66. The van der Waals surface area contributed by atoms with E-state index < -0.39 is 0 Å². The highest BCUT2D eigenvalue weighted by Gasteiger charge is 3.17. The minimum atomic E-state index is 0.774. The topological polar surface area (TPSA) is 0 Å². The summed E-state index contributed by atoms with van der Waals surface area (Å²) in [6.07, 6.45) is 0. The summed E-state index contributed by atoms with van der Waals surface area (Å²) in [5, 5.41) is 0. The van der Waals surface area contributed by atoms with Crippen LogP contribution in [0, 0.1) is 39.9 Å². The maximum atomic E-state index is 2.49. The molecule has 2 spiro atoms. The van der Waals surface area contributed by atoms with E-state index in [-0.39, 0.29) is 0 Å². The van der Waals surface area contributed by atoms with Gasteiger partial charge < -0.3 is 0 Å². The first kappa shape index (κ1) is 5.61. The Bertz CT molecular complexity index is 271. The predicted octanol–water partition coefficient (Wildman–Crippen LogP) is 2.54. The molecule has 0 radical (unpaired) electrons. The van der Waals surface area contributed by atoms with Gasteiger partial charge in [-0.05, 0) is 39.9 Å². The molecule has 0 N–H and O–H groups in total. The van der Waals surface area contributed by atoms with Crippen LogP contribution < -0.4 is 0 Å². The van der Waals surface area contributed by atoms with Gasteiger partial charge in [-0.15, -0.1) is 0 Å². The normalized spacial score (nSPS) is 84.0. The molecule has 0 amide bonds. The minimum Gasteiger partial charge on any atom is -0.0617 e. The third-order valence-corrected chi connectivity index (χ3v) is 6.26. The Labute approximate surface area is 68.4 Å². The average Bonchev–Trinajstić information content (AvgIpc) is 2.71. The Morgan fingerprint density at radius 3 is 1.55 bits per heavy atom. The van der Waals surface area contributed by atoms with E-state index in [1.54, 1.807) is 0 Å². The average molecular weight is 148 g/mol. The van der Waals surface area contributed by atoms with Crippen molar-refractivity contribution < 1.29 is 0 Å². The van der Waals surface area contributed by atoms with Crippen molar-refractivity contribution in [1.29, 1.82) is 0 Å². The van der Waals surface area contributed by atoms with E-state index >= 15 is 0 Å². The third-order valence-electron chi connectivity index (χ3n) is 6.26. The van der Waals surface area contributed by atoms with Gasteiger partial charge in [0.1, 0.15) is 0 Å². The molecule has 4 aliphatic carbocycles. The summed E-state index contributed by atoms with van der Waals surface area (Å²) in [6.45, 7) is 9.91. The van der Waals surface area contributed by atoms with E-state index in [9.17, 15) is 0 Å². The number of rotatable bonds is 0. The van der Waals surface area contributed by atoms with Gasteiger partial charge in [-0.1, -0.05) is 27.7 Å². The van der Waals surface area contributed by atoms with Crippen LogP contribution in [0.3, 0.4) is 0 Å². The van der Waals surface area contributed by atoms with Crippen LogP contribution in [-0.4, -0.2) is 0 Å². The van der Waals surface area contributed by atoms with Gasteiger partial charge in [-0.2, -0.15) is 0 Å². The van der Waals surface area contributed by atoms with Crippen molar-refractivity contribution in [2.45, 2.75) is 27.7 Å². The molecule has 4 fully saturated rings. The van der Waals surface area contributed by atoms with Crippen molar-refractivity contribution in [3.63, 3.8) is 0 Å². The van der Waals surface area contributed by atoms with E-state index in [2.05, 4.69) is 27.7 Å². The molecule has 0 aromatic heterocycles. The molecule has 4 aliphatic rings. The van der Waals surface area contributed by atoms with Gasteiger partial charge in [-0.25, -0.2) is 0 Å². The van der Waals surface area contributed by atoms with E-state index in [0.717, 1.165) is 28.1 Å². The molecule has 11 heavy (non-hydrogen) atoms. The highest BCUT2D eigenvalue weighted by Crippen LogP contribution is 3.20. The highest BCUT2D eigenvalue weighted by molar-refractivity contribution is 5.63. The molecule has 0 nitrogen and oxygen atoms in total. The molecule has 0 saturated heterocycles. The molecule has 5 unspecified atom stereocenters. The Kier molecular flexibility index (Phi) is 0.459. The van der Waals surface area contributed by atoms with Crippen LogP contribution in [0.4, 0.5) is 0 Å². The first-order chi connectivity index (χ1) is 5.05. The van der Waals surface area contributed by atoms with Gasteiger partial charge >= 0.3 is 0 Å². The quantitative estimate of drug-likeness (QED) is 0.495. The Balaban J connectivity index is 1.79. The zero-order chi connectivity index (χ0) is 7.81. The second kappa shape index (κ2) is 0.900. The summed E-state index contributed by atoms with van der Waals surface area (Å²) in [7, 11) is 0. The van der Waals surface area contributed by atoms with Crippen molar-refractivity contribution in [3.05, 3.63) is 0 Å². The number of hydrogen-bond acceptors (Lipinski definition) is 0. The molecule has 4 saturated carbocycles. The van der Waals surface area contributed by atoms with Crippen molar-refractivity contribution in [2.24, 2.45) is 39.9 Å². The summed E-state index contributed by atoms with van der Waals surface area (Å²) in [5.74, 6) is 4.55. The van der Waals surface area contributed by atoms with Gasteiger partial charge in [0.05, 0.1) is 0 Å². The lowest BCUT2D eigenvalue weighted by atomic mass is 10.0. The van der Waals surface area contributed by atoms with Gasteiger partial charge in [0.25, 0.3) is 0 Å². The molecule has 60 valence electrons. The first-order valence-corrected chi connectivity index (χ1v) is 5.05. The van der Waals surface area contributed by atoms with Crippen LogP contribution in [0.25, 0.3) is 0 Å². The molecule has 0 aromatic carbocycles. The minimum absolute atomic E-state index is 0.774. The van der Waals surface area contributed by atoms with E-state index in [4.69, 9.17) is 0 Å². The summed E-state index contributed by atoms with van der Waals surface area (Å²) < 4.78 is 0. The van der Waals surface area contributed by atoms with E-state index in [1.165, 1.54) is 11.8 Å². The van der Waals surface area contributed by atoms with Crippen LogP contribution in [0.2, 0.25) is 0 Å². The highest BCUT2D eigenvalue weighted by atomic mass is 15.2. The second-order valence-corrected chi connectivity index (χ2v) is 6.06. The largest absolute Gasteiger partial charge is 0.0617 e. The fraction of sp³-hybridized carbons (Fsp3) is 1.00. The fourth-order valence-electron chi connectivity index (χ4n) is 5.66. The molecular formula is C11H16. The standard InChI is InChI=1S/C11H16/c1-5-6(2)10(5)8-7-9(3,4)11(7,8)10/h5-8H,1-4H3. The Morgan fingerprint density at radius 2 is 1.45 bits per heavy atom. The van der Waals surface area contributed by atoms with Crippen molar-refractivity contribution in [1.82, 2.24) is 0 Å². The van der Waals surface area contributed by atoms with E-state index in [0.29, 0.717) is 0 Å². The predicted molar refractivity (Wildman–Crippen MR) is 44.0 cm³/mol. The molecule has 5 atom stereocenters.